The van der Waals surface area contributed by atoms with Crippen LogP contribution >= 0.6 is 0 Å². The normalized spacial score (nSPS) is 14.4. The Morgan fingerprint density at radius 3 is 1.00 bits per heavy atom. The molecule has 0 spiro atoms. The molecule has 0 saturated carbocycles. The van der Waals surface area contributed by atoms with Crippen LogP contribution in [0.2, 0.25) is 0 Å². The molecule has 0 bridgehead atoms. The summed E-state index contributed by atoms with van der Waals surface area (Å²) in [7, 11) is -0.890. The largest absolute Gasteiger partial charge is 0.493 e. The Hall–Kier alpha value is -5.64. The number of benzene rings is 4. The van der Waals surface area contributed by atoms with Crippen molar-refractivity contribution in [3.05, 3.63) is 83.9 Å². The fraction of sp³-hybridized carbons (Fsp3) is 0.447. The molecule has 6 rings (SSSR count). The van der Waals surface area contributed by atoms with Gasteiger partial charge in [-0.1, -0.05) is 24.3 Å². The van der Waals surface area contributed by atoms with Crippen LogP contribution in [0, 0.1) is 0 Å². The van der Waals surface area contributed by atoms with E-state index in [0.29, 0.717) is 97.5 Å². The maximum Gasteiger partial charge on any atom is 0.261 e. The highest BCUT2D eigenvalue weighted by Crippen LogP contribution is 2.43. The SMILES string of the molecule is CCOc1c(OC)cc(-c2ccc(C(=O)N3CCN(CCCN4CCN(C(=O)c5ccc(-c6cc(OC)c(OCC)c(OC)c6)cc5)CC4)CC3)cc2)cc1OC.CS(=O)(=O)O.CS(=O)(=O)O. The van der Waals surface area contributed by atoms with Crippen molar-refractivity contribution in [2.24, 2.45) is 0 Å². The van der Waals surface area contributed by atoms with Gasteiger partial charge in [0, 0.05) is 63.5 Å². The van der Waals surface area contributed by atoms with Gasteiger partial charge in [0.1, 0.15) is 0 Å². The molecule has 368 valence electrons. The van der Waals surface area contributed by atoms with Crippen LogP contribution in [0.25, 0.3) is 22.3 Å². The zero-order valence-corrected chi connectivity index (χ0v) is 41.2. The number of ether oxygens (including phenoxy) is 6. The lowest BCUT2D eigenvalue weighted by molar-refractivity contribution is 0.0606. The summed E-state index contributed by atoms with van der Waals surface area (Å²) in [6, 6.07) is 23.1. The standard InChI is InChI=1S/C45H56N4O8.2CH4O3S/c1-7-56-42-38(52-3)28-36(29-39(42)53-4)32-10-14-34(15-11-32)44(50)48-24-20-46(21-25-48)18-9-19-47-22-26-49(27-23-47)45(51)35-16-12-33(13-17-35)37-30-40(54-5)43(57-8-2)41(31-37)55-6;2*1-5(2,3)4/h10-17,28-31H,7-9,18-27H2,1-6H3;2*1H3,(H,2,3,4). The number of hydrogen-bond acceptors (Lipinski definition) is 14. The summed E-state index contributed by atoms with van der Waals surface area (Å²) >= 11 is 0. The summed E-state index contributed by atoms with van der Waals surface area (Å²) in [6.45, 7) is 13.1. The molecule has 2 fully saturated rings. The Bertz CT molecular complexity index is 2220. The van der Waals surface area contributed by atoms with Crippen molar-refractivity contribution in [3.8, 4) is 56.8 Å². The number of carbonyl (C=O) groups is 2. The van der Waals surface area contributed by atoms with Gasteiger partial charge >= 0.3 is 0 Å². The van der Waals surface area contributed by atoms with Crippen LogP contribution in [-0.2, 0) is 20.2 Å². The Balaban J connectivity index is 0.000000886. The van der Waals surface area contributed by atoms with Crippen molar-refractivity contribution in [2.45, 2.75) is 20.3 Å². The van der Waals surface area contributed by atoms with Gasteiger partial charge in [-0.05, 0) is 104 Å². The summed E-state index contributed by atoms with van der Waals surface area (Å²) < 4.78 is 85.5. The van der Waals surface area contributed by atoms with Gasteiger partial charge in [-0.25, -0.2) is 0 Å². The first-order valence-corrected chi connectivity index (χ1v) is 25.4. The summed E-state index contributed by atoms with van der Waals surface area (Å²) in [4.78, 5) is 35.6. The number of hydrogen-bond donors (Lipinski definition) is 2. The predicted octanol–water partition coefficient (Wildman–Crippen LogP) is 5.47. The second kappa shape index (κ2) is 25.5. The third kappa shape index (κ3) is 16.9. The van der Waals surface area contributed by atoms with Gasteiger partial charge in [0.15, 0.2) is 23.0 Å². The lowest BCUT2D eigenvalue weighted by Crippen LogP contribution is -2.50. The van der Waals surface area contributed by atoms with Crippen LogP contribution in [0.5, 0.6) is 34.5 Å². The first-order valence-electron chi connectivity index (χ1n) is 21.7. The zero-order chi connectivity index (χ0) is 49.3. The van der Waals surface area contributed by atoms with Crippen molar-refractivity contribution in [3.63, 3.8) is 0 Å². The minimum Gasteiger partial charge on any atom is -0.493 e. The summed E-state index contributed by atoms with van der Waals surface area (Å²) in [6.07, 6.45) is 2.48. The van der Waals surface area contributed by atoms with Gasteiger partial charge < -0.3 is 38.2 Å². The first-order chi connectivity index (χ1) is 31.8. The molecule has 0 unspecified atom stereocenters. The highest BCUT2D eigenvalue weighted by molar-refractivity contribution is 7.85. The molecule has 67 heavy (non-hydrogen) atoms. The van der Waals surface area contributed by atoms with E-state index in [1.165, 1.54) is 0 Å². The van der Waals surface area contributed by atoms with Crippen LogP contribution < -0.4 is 28.4 Å². The number of nitrogens with zero attached hydrogens (tertiary/aromatic N) is 4. The third-order valence-electron chi connectivity index (χ3n) is 10.7. The fourth-order valence-electron chi connectivity index (χ4n) is 7.51. The monoisotopic (exact) mass is 972 g/mol. The third-order valence-corrected chi connectivity index (χ3v) is 10.7. The van der Waals surface area contributed by atoms with Crippen LogP contribution in [-0.4, -0.2) is 177 Å². The van der Waals surface area contributed by atoms with Gasteiger partial charge in [0.25, 0.3) is 32.1 Å². The van der Waals surface area contributed by atoms with E-state index in [-0.39, 0.29) is 11.8 Å². The van der Waals surface area contributed by atoms with E-state index in [2.05, 4.69) is 9.80 Å². The quantitative estimate of drug-likeness (QED) is 0.133. The van der Waals surface area contributed by atoms with Crippen molar-refractivity contribution in [2.75, 3.05) is 120 Å². The van der Waals surface area contributed by atoms with Crippen molar-refractivity contribution < 1.29 is 64.0 Å². The van der Waals surface area contributed by atoms with Gasteiger partial charge in [-0.3, -0.25) is 28.5 Å². The average molecular weight is 973 g/mol. The fourth-order valence-corrected chi connectivity index (χ4v) is 7.51. The molecule has 0 aliphatic carbocycles. The lowest BCUT2D eigenvalue weighted by Gasteiger charge is -2.37. The van der Waals surface area contributed by atoms with Crippen LogP contribution in [0.3, 0.4) is 0 Å². The molecule has 4 aromatic rings. The molecule has 0 aromatic heterocycles. The number of carbonyl (C=O) groups excluding carboxylic acids is 2. The van der Waals surface area contributed by atoms with Crippen LogP contribution in [0.4, 0.5) is 0 Å². The molecule has 0 atom stereocenters. The highest BCUT2D eigenvalue weighted by Gasteiger charge is 2.25. The van der Waals surface area contributed by atoms with E-state index in [1.54, 1.807) is 28.4 Å². The minimum atomic E-state index is -3.67. The van der Waals surface area contributed by atoms with E-state index in [9.17, 15) is 26.4 Å². The van der Waals surface area contributed by atoms with Crippen molar-refractivity contribution in [1.82, 2.24) is 19.6 Å². The summed E-state index contributed by atoms with van der Waals surface area (Å²) in [5.41, 5.74) is 5.11. The topological polar surface area (TPSA) is 211 Å². The van der Waals surface area contributed by atoms with Crippen LogP contribution in [0.1, 0.15) is 41.0 Å². The van der Waals surface area contributed by atoms with E-state index >= 15 is 0 Å². The molecule has 2 aliphatic heterocycles. The number of amides is 2. The molecule has 2 heterocycles. The van der Waals surface area contributed by atoms with Gasteiger partial charge in [-0.15, -0.1) is 0 Å². The average Bonchev–Trinajstić information content (AvgIpc) is 3.30. The van der Waals surface area contributed by atoms with E-state index in [1.807, 2.05) is 96.4 Å². The molecule has 2 aliphatic rings. The Morgan fingerprint density at radius 1 is 0.493 bits per heavy atom. The molecule has 2 amide bonds. The van der Waals surface area contributed by atoms with Gasteiger partial charge in [0.05, 0.1) is 54.2 Å². The van der Waals surface area contributed by atoms with Gasteiger partial charge in [-0.2, -0.15) is 16.8 Å². The van der Waals surface area contributed by atoms with Gasteiger partial charge in [0.2, 0.25) is 11.5 Å². The second-order valence-electron chi connectivity index (χ2n) is 15.5. The highest BCUT2D eigenvalue weighted by atomic mass is 32.2. The minimum absolute atomic E-state index is 0.0559. The first kappa shape index (κ1) is 54.0. The number of rotatable bonds is 16. The number of piperazine rings is 2. The molecular formula is C47H64N4O14S2. The van der Waals surface area contributed by atoms with E-state index in [4.69, 9.17) is 37.5 Å². The maximum atomic E-state index is 13.4. The van der Waals surface area contributed by atoms with Crippen molar-refractivity contribution >= 4 is 32.1 Å². The molecule has 20 heteroatoms. The van der Waals surface area contributed by atoms with E-state index < -0.39 is 20.2 Å². The molecule has 2 saturated heterocycles. The summed E-state index contributed by atoms with van der Waals surface area (Å²) in [5, 5.41) is 0. The number of methoxy groups -OCH3 is 4. The lowest BCUT2D eigenvalue weighted by atomic mass is 10.0. The zero-order valence-electron chi connectivity index (χ0n) is 39.5. The Labute approximate surface area is 394 Å². The van der Waals surface area contributed by atoms with Crippen molar-refractivity contribution in [1.29, 1.82) is 0 Å². The smallest absolute Gasteiger partial charge is 0.261 e. The molecular weight excluding hydrogens is 909 g/mol. The van der Waals surface area contributed by atoms with E-state index in [0.717, 1.165) is 67.9 Å². The molecule has 2 N–H and O–H groups in total. The summed E-state index contributed by atoms with van der Waals surface area (Å²) in [5.74, 6) is 3.67. The predicted molar refractivity (Wildman–Crippen MR) is 257 cm³/mol. The molecule has 0 radical (unpaired) electrons. The Morgan fingerprint density at radius 2 is 0.761 bits per heavy atom. The maximum absolute atomic E-state index is 13.4. The Kier molecular flexibility index (Phi) is 20.5. The molecule has 4 aromatic carbocycles. The second-order valence-corrected chi connectivity index (χ2v) is 18.5. The van der Waals surface area contributed by atoms with Crippen LogP contribution in [0.15, 0.2) is 72.8 Å². The molecule has 18 nitrogen and oxygen atoms in total.